The molecule has 5 nitrogen and oxygen atoms in total. The fourth-order valence-corrected chi connectivity index (χ4v) is 5.07. The average molecular weight is 405 g/mol. The number of rotatable bonds is 6. The van der Waals surface area contributed by atoms with Gasteiger partial charge in [-0.15, -0.1) is 0 Å². The fourth-order valence-electron chi connectivity index (χ4n) is 5.07. The van der Waals surface area contributed by atoms with Gasteiger partial charge in [0.15, 0.2) is 0 Å². The first-order valence-electron chi connectivity index (χ1n) is 11.3. The Kier molecular flexibility index (Phi) is 7.20. The standard InChI is InChI=1S/C24H36O5/c1-5-15(3)24(27)29-21-11-14(2)10-17-7-6-16(4)20(23(17)21)9-8-19-12-18(25)13-22(26)28-19/h6-7,10,14-16,18-21,23,25H,5,8-9,11-13H2,1-4H3/t14-,15-,16-,18-,19-,20-,21+,23-/m1/s1. The van der Waals surface area contributed by atoms with E-state index in [4.69, 9.17) is 9.47 Å². The number of esters is 2. The lowest BCUT2D eigenvalue weighted by molar-refractivity contribution is -0.162. The highest BCUT2D eigenvalue weighted by Gasteiger charge is 2.42. The third-order valence-corrected chi connectivity index (χ3v) is 6.93. The van der Waals surface area contributed by atoms with Gasteiger partial charge in [-0.2, -0.15) is 0 Å². The van der Waals surface area contributed by atoms with Crippen LogP contribution in [0.2, 0.25) is 0 Å². The Balaban J connectivity index is 1.74. The molecule has 1 aliphatic heterocycles. The van der Waals surface area contributed by atoms with Gasteiger partial charge in [0, 0.05) is 12.3 Å². The van der Waals surface area contributed by atoms with E-state index in [0.717, 1.165) is 25.7 Å². The van der Waals surface area contributed by atoms with E-state index in [1.165, 1.54) is 5.57 Å². The van der Waals surface area contributed by atoms with E-state index in [2.05, 4.69) is 32.1 Å². The zero-order chi connectivity index (χ0) is 21.1. The maximum Gasteiger partial charge on any atom is 0.308 e. The highest BCUT2D eigenvalue weighted by atomic mass is 16.5. The lowest BCUT2D eigenvalue weighted by atomic mass is 9.65. The summed E-state index contributed by atoms with van der Waals surface area (Å²) in [6, 6.07) is 0. The van der Waals surface area contributed by atoms with Crippen molar-refractivity contribution in [3.05, 3.63) is 23.8 Å². The van der Waals surface area contributed by atoms with Gasteiger partial charge in [-0.3, -0.25) is 9.59 Å². The second-order valence-electron chi connectivity index (χ2n) is 9.36. The molecule has 0 amide bonds. The molecule has 0 aromatic carbocycles. The van der Waals surface area contributed by atoms with Crippen molar-refractivity contribution in [1.82, 2.24) is 0 Å². The molecule has 8 atom stereocenters. The number of fused-ring (bicyclic) bond motifs is 1. The first kappa shape index (κ1) is 22.1. The van der Waals surface area contributed by atoms with E-state index >= 15 is 0 Å². The molecule has 162 valence electrons. The molecule has 5 heteroatoms. The monoisotopic (exact) mass is 404 g/mol. The fraction of sp³-hybridized carbons (Fsp3) is 0.750. The zero-order valence-corrected chi connectivity index (χ0v) is 18.2. The molecule has 1 N–H and O–H groups in total. The third kappa shape index (κ3) is 5.30. The SMILES string of the molecule is CC[C@@H](C)C(=O)O[C@H]1C[C@H](C)C=C2C=C[C@@H](C)[C@@H](CC[C@@H]3C[C@@H](O)CC(=O)O3)[C@@H]21. The van der Waals surface area contributed by atoms with Crippen LogP contribution < -0.4 is 0 Å². The molecule has 1 fully saturated rings. The Bertz CT molecular complexity index is 666. The first-order chi connectivity index (χ1) is 13.8. The Morgan fingerprint density at radius 2 is 2.07 bits per heavy atom. The van der Waals surface area contributed by atoms with Gasteiger partial charge in [-0.05, 0) is 49.0 Å². The lowest BCUT2D eigenvalue weighted by Crippen LogP contribution is -2.42. The van der Waals surface area contributed by atoms with Crippen LogP contribution in [-0.2, 0) is 19.1 Å². The Morgan fingerprint density at radius 1 is 1.31 bits per heavy atom. The van der Waals surface area contributed by atoms with Gasteiger partial charge < -0.3 is 14.6 Å². The van der Waals surface area contributed by atoms with Crippen molar-refractivity contribution in [2.24, 2.45) is 29.6 Å². The predicted molar refractivity (Wildman–Crippen MR) is 111 cm³/mol. The number of aliphatic hydroxyl groups excluding tert-OH is 1. The van der Waals surface area contributed by atoms with Crippen molar-refractivity contribution >= 4 is 11.9 Å². The number of aliphatic hydroxyl groups is 1. The highest BCUT2D eigenvalue weighted by Crippen LogP contribution is 2.45. The molecule has 29 heavy (non-hydrogen) atoms. The van der Waals surface area contributed by atoms with Crippen molar-refractivity contribution in [2.75, 3.05) is 0 Å². The minimum absolute atomic E-state index is 0.0854. The molecule has 0 aromatic heterocycles. The number of hydrogen-bond acceptors (Lipinski definition) is 5. The molecule has 2 aliphatic carbocycles. The second kappa shape index (κ2) is 9.46. The zero-order valence-electron chi connectivity index (χ0n) is 18.2. The Morgan fingerprint density at radius 3 is 2.76 bits per heavy atom. The molecule has 3 aliphatic rings. The lowest BCUT2D eigenvalue weighted by Gasteiger charge is -2.43. The molecule has 0 bridgehead atoms. The van der Waals surface area contributed by atoms with E-state index in [1.807, 2.05) is 13.8 Å². The van der Waals surface area contributed by atoms with Crippen LogP contribution in [0.4, 0.5) is 0 Å². The summed E-state index contributed by atoms with van der Waals surface area (Å²) in [4.78, 5) is 24.2. The molecule has 0 unspecified atom stereocenters. The van der Waals surface area contributed by atoms with Crippen LogP contribution in [0.1, 0.15) is 66.2 Å². The molecule has 0 spiro atoms. The van der Waals surface area contributed by atoms with Crippen molar-refractivity contribution in [2.45, 2.75) is 84.5 Å². The summed E-state index contributed by atoms with van der Waals surface area (Å²) in [5.41, 5.74) is 1.27. The first-order valence-corrected chi connectivity index (χ1v) is 11.3. The summed E-state index contributed by atoms with van der Waals surface area (Å²) >= 11 is 0. The Hall–Kier alpha value is -1.62. The summed E-state index contributed by atoms with van der Waals surface area (Å²) in [7, 11) is 0. The van der Waals surface area contributed by atoms with Gasteiger partial charge in [-0.25, -0.2) is 0 Å². The maximum atomic E-state index is 12.5. The quantitative estimate of drug-likeness (QED) is 0.672. The summed E-state index contributed by atoms with van der Waals surface area (Å²) < 4.78 is 11.5. The Labute approximate surface area is 174 Å². The highest BCUT2D eigenvalue weighted by molar-refractivity contribution is 5.72. The predicted octanol–water partition coefficient (Wildman–Crippen LogP) is 4.20. The third-order valence-electron chi connectivity index (χ3n) is 6.93. The minimum Gasteiger partial charge on any atom is -0.462 e. The van der Waals surface area contributed by atoms with E-state index in [1.54, 1.807) is 0 Å². The van der Waals surface area contributed by atoms with E-state index in [0.29, 0.717) is 24.2 Å². The summed E-state index contributed by atoms with van der Waals surface area (Å²) in [5, 5.41) is 9.89. The smallest absolute Gasteiger partial charge is 0.308 e. The van der Waals surface area contributed by atoms with Crippen LogP contribution in [-0.4, -0.2) is 35.4 Å². The molecule has 3 rings (SSSR count). The van der Waals surface area contributed by atoms with Crippen molar-refractivity contribution in [3.8, 4) is 0 Å². The number of allylic oxidation sites excluding steroid dienone is 3. The van der Waals surface area contributed by atoms with E-state index in [-0.39, 0.29) is 42.4 Å². The van der Waals surface area contributed by atoms with Gasteiger partial charge in [0.1, 0.15) is 12.2 Å². The summed E-state index contributed by atoms with van der Waals surface area (Å²) in [6.07, 6.45) is 9.70. The normalized spacial score (nSPS) is 37.9. The van der Waals surface area contributed by atoms with E-state index < -0.39 is 6.10 Å². The van der Waals surface area contributed by atoms with Crippen LogP contribution >= 0.6 is 0 Å². The molecular formula is C24H36O5. The molecule has 0 saturated carbocycles. The maximum absolute atomic E-state index is 12.5. The number of carbonyl (C=O) groups excluding carboxylic acids is 2. The number of carbonyl (C=O) groups is 2. The van der Waals surface area contributed by atoms with Crippen molar-refractivity contribution in [1.29, 1.82) is 0 Å². The van der Waals surface area contributed by atoms with Gasteiger partial charge >= 0.3 is 11.9 Å². The molecule has 0 aromatic rings. The van der Waals surface area contributed by atoms with Crippen LogP contribution in [0, 0.1) is 29.6 Å². The van der Waals surface area contributed by atoms with Crippen LogP contribution in [0.5, 0.6) is 0 Å². The second-order valence-corrected chi connectivity index (χ2v) is 9.36. The van der Waals surface area contributed by atoms with Gasteiger partial charge in [-0.1, -0.05) is 45.9 Å². The van der Waals surface area contributed by atoms with Crippen LogP contribution in [0.15, 0.2) is 23.8 Å². The van der Waals surface area contributed by atoms with Gasteiger partial charge in [0.2, 0.25) is 0 Å². The summed E-state index contributed by atoms with van der Waals surface area (Å²) in [5.74, 6) is 0.755. The molecular weight excluding hydrogens is 368 g/mol. The van der Waals surface area contributed by atoms with Crippen LogP contribution in [0.25, 0.3) is 0 Å². The van der Waals surface area contributed by atoms with Crippen molar-refractivity contribution in [3.63, 3.8) is 0 Å². The van der Waals surface area contributed by atoms with Crippen molar-refractivity contribution < 1.29 is 24.2 Å². The number of ether oxygens (including phenoxy) is 2. The van der Waals surface area contributed by atoms with Gasteiger partial charge in [0.25, 0.3) is 0 Å². The molecule has 1 heterocycles. The van der Waals surface area contributed by atoms with E-state index in [9.17, 15) is 14.7 Å². The van der Waals surface area contributed by atoms with Crippen LogP contribution in [0.3, 0.4) is 0 Å². The summed E-state index contributed by atoms with van der Waals surface area (Å²) in [6.45, 7) is 8.33. The minimum atomic E-state index is -0.597. The van der Waals surface area contributed by atoms with Gasteiger partial charge in [0.05, 0.1) is 18.4 Å². The molecule has 0 radical (unpaired) electrons. The molecule has 1 saturated heterocycles. The number of cyclic esters (lactones) is 1. The largest absolute Gasteiger partial charge is 0.462 e. The topological polar surface area (TPSA) is 72.8 Å². The number of hydrogen-bond donors (Lipinski definition) is 1. The average Bonchev–Trinajstić information content (AvgIpc) is 2.65.